The normalized spacial score (nSPS) is 16.1. The van der Waals surface area contributed by atoms with E-state index in [4.69, 9.17) is 32.9 Å². The molecule has 0 unspecified atom stereocenters. The lowest BCUT2D eigenvalue weighted by molar-refractivity contribution is -0.127. The molecular weight excluding hydrogens is 616 g/mol. The van der Waals surface area contributed by atoms with Crippen LogP contribution in [0.25, 0.3) is 22.4 Å². The maximum atomic E-state index is 15.5. The molecule has 0 spiro atoms. The van der Waals surface area contributed by atoms with Gasteiger partial charge in [-0.15, -0.1) is 0 Å². The van der Waals surface area contributed by atoms with Crippen LogP contribution in [0.2, 0.25) is 10.0 Å². The van der Waals surface area contributed by atoms with Crippen molar-refractivity contribution in [2.75, 3.05) is 38.6 Å². The van der Waals surface area contributed by atoms with Crippen molar-refractivity contribution in [3.63, 3.8) is 0 Å². The summed E-state index contributed by atoms with van der Waals surface area (Å²) in [6, 6.07) is 16.6. The highest BCUT2D eigenvalue weighted by Gasteiger charge is 2.36. The number of benzene rings is 2. The van der Waals surface area contributed by atoms with Crippen molar-refractivity contribution >= 4 is 40.6 Å². The van der Waals surface area contributed by atoms with Gasteiger partial charge in [0.25, 0.3) is 0 Å². The first-order valence-corrected chi connectivity index (χ1v) is 15.6. The molecule has 0 atom stereocenters. The second-order valence-electron chi connectivity index (χ2n) is 11.8. The molecule has 0 aliphatic carbocycles. The zero-order chi connectivity index (χ0) is 31.7. The zero-order valence-corrected chi connectivity index (χ0v) is 26.6. The molecule has 45 heavy (non-hydrogen) atoms. The number of hydrogen-bond donors (Lipinski definition) is 2. The third-order valence-electron chi connectivity index (χ3n) is 8.26. The summed E-state index contributed by atoms with van der Waals surface area (Å²) >= 11 is 13.9. The molecule has 6 rings (SSSR count). The van der Waals surface area contributed by atoms with Crippen LogP contribution in [-0.4, -0.2) is 69.7 Å². The summed E-state index contributed by atoms with van der Waals surface area (Å²) in [6.45, 7) is 4.52. The van der Waals surface area contributed by atoms with E-state index in [1.54, 1.807) is 32.4 Å². The average Bonchev–Trinajstić information content (AvgIpc) is 3.42. The Hall–Kier alpha value is -3.76. The second kappa shape index (κ2) is 12.9. The number of anilines is 2. The molecule has 2 N–H and O–H groups in total. The van der Waals surface area contributed by atoms with Gasteiger partial charge in [0.05, 0.1) is 34.1 Å². The third kappa shape index (κ3) is 6.63. The Labute approximate surface area is 271 Å². The number of rotatable bonds is 10. The Morgan fingerprint density at radius 1 is 1.02 bits per heavy atom. The van der Waals surface area contributed by atoms with Gasteiger partial charge in [0.1, 0.15) is 0 Å². The number of pyridine rings is 2. The van der Waals surface area contributed by atoms with Crippen LogP contribution >= 0.6 is 23.2 Å². The topological polar surface area (TPSA) is 90.8 Å². The van der Waals surface area contributed by atoms with Crippen molar-refractivity contribution < 1.29 is 19.0 Å². The fourth-order valence-corrected chi connectivity index (χ4v) is 6.65. The summed E-state index contributed by atoms with van der Waals surface area (Å²) in [4.78, 5) is 24.8. The quantitative estimate of drug-likeness (QED) is 0.197. The SMILES string of the molecule is COc1nc(-c2cccc(-c3cccc(Nc4nccc(CN5CC(C)(O)C5)c4F)c3Cl)c2Cl)ccc1CCN1CCCC1=O. The van der Waals surface area contributed by atoms with Gasteiger partial charge in [-0.1, -0.05) is 59.6 Å². The number of carbonyl (C=O) groups excluding carboxylic acids is 1. The number of nitrogens with one attached hydrogen (secondary N) is 1. The highest BCUT2D eigenvalue weighted by Crippen LogP contribution is 2.42. The maximum absolute atomic E-state index is 15.5. The monoisotopic (exact) mass is 649 g/mol. The van der Waals surface area contributed by atoms with Crippen molar-refractivity contribution in [2.24, 2.45) is 0 Å². The molecule has 4 aromatic rings. The predicted octanol–water partition coefficient (Wildman–Crippen LogP) is 6.74. The number of likely N-dealkylation sites (tertiary alicyclic amines) is 2. The predicted molar refractivity (Wildman–Crippen MR) is 175 cm³/mol. The average molecular weight is 651 g/mol. The van der Waals surface area contributed by atoms with Crippen LogP contribution in [0, 0.1) is 5.82 Å². The summed E-state index contributed by atoms with van der Waals surface area (Å²) in [5.74, 6) is 0.263. The lowest BCUT2D eigenvalue weighted by Crippen LogP contribution is -2.59. The minimum absolute atomic E-state index is 0.0594. The molecule has 8 nitrogen and oxygen atoms in total. The molecule has 2 aromatic carbocycles. The fourth-order valence-electron chi connectivity index (χ4n) is 6.05. The Bertz CT molecular complexity index is 1740. The highest BCUT2D eigenvalue weighted by molar-refractivity contribution is 6.39. The van der Waals surface area contributed by atoms with Crippen LogP contribution in [0.5, 0.6) is 5.88 Å². The first-order chi connectivity index (χ1) is 21.6. The fraction of sp³-hybridized carbons (Fsp3) is 0.324. The van der Waals surface area contributed by atoms with Gasteiger partial charge >= 0.3 is 0 Å². The molecule has 234 valence electrons. The van der Waals surface area contributed by atoms with Gasteiger partial charge in [0.15, 0.2) is 11.6 Å². The van der Waals surface area contributed by atoms with Crippen LogP contribution in [0.4, 0.5) is 15.9 Å². The zero-order valence-electron chi connectivity index (χ0n) is 25.1. The Morgan fingerprint density at radius 2 is 1.76 bits per heavy atom. The molecule has 1 amide bonds. The molecule has 0 bridgehead atoms. The lowest BCUT2D eigenvalue weighted by Gasteiger charge is -2.44. The smallest absolute Gasteiger partial charge is 0.222 e. The van der Waals surface area contributed by atoms with Crippen LogP contribution in [0.15, 0.2) is 60.8 Å². The van der Waals surface area contributed by atoms with Crippen molar-refractivity contribution in [3.8, 4) is 28.3 Å². The number of carbonyl (C=O) groups is 1. The molecule has 2 aliphatic heterocycles. The van der Waals surface area contributed by atoms with Crippen LogP contribution in [0.3, 0.4) is 0 Å². The Morgan fingerprint density at radius 3 is 2.47 bits per heavy atom. The largest absolute Gasteiger partial charge is 0.481 e. The molecule has 11 heteroatoms. The number of amides is 1. The summed E-state index contributed by atoms with van der Waals surface area (Å²) in [5, 5.41) is 13.9. The summed E-state index contributed by atoms with van der Waals surface area (Å²) in [6.07, 6.45) is 3.70. The van der Waals surface area contributed by atoms with E-state index < -0.39 is 11.4 Å². The minimum atomic E-state index is -0.738. The number of aromatic nitrogens is 2. The van der Waals surface area contributed by atoms with Crippen LogP contribution in [-0.2, 0) is 17.8 Å². The molecule has 0 radical (unpaired) electrons. The van der Waals surface area contributed by atoms with E-state index in [0.717, 1.165) is 18.5 Å². The molecule has 0 saturated carbocycles. The molecule has 2 aromatic heterocycles. The van der Waals surface area contributed by atoms with E-state index in [1.807, 2.05) is 52.3 Å². The minimum Gasteiger partial charge on any atom is -0.481 e. The number of ether oxygens (including phenoxy) is 1. The molecular formula is C34H34Cl2FN5O3. The number of halogens is 3. The van der Waals surface area contributed by atoms with Gasteiger partial charge in [-0.2, -0.15) is 0 Å². The van der Waals surface area contributed by atoms with E-state index in [2.05, 4.69) is 10.3 Å². The van der Waals surface area contributed by atoms with Gasteiger partial charge in [-0.25, -0.2) is 14.4 Å². The van der Waals surface area contributed by atoms with E-state index in [9.17, 15) is 9.90 Å². The molecule has 2 aliphatic rings. The molecule has 4 heterocycles. The number of aliphatic hydroxyl groups is 1. The first-order valence-electron chi connectivity index (χ1n) is 14.9. The van der Waals surface area contributed by atoms with Gasteiger partial charge in [0, 0.05) is 73.2 Å². The van der Waals surface area contributed by atoms with E-state index in [0.29, 0.717) is 88.6 Å². The molecule has 2 fully saturated rings. The van der Waals surface area contributed by atoms with Crippen LogP contribution in [0.1, 0.15) is 30.9 Å². The van der Waals surface area contributed by atoms with Crippen molar-refractivity contribution in [2.45, 2.75) is 38.3 Å². The molecule has 2 saturated heterocycles. The van der Waals surface area contributed by atoms with Crippen molar-refractivity contribution in [3.05, 3.63) is 87.8 Å². The van der Waals surface area contributed by atoms with Crippen molar-refractivity contribution in [1.29, 1.82) is 0 Å². The van der Waals surface area contributed by atoms with E-state index >= 15 is 4.39 Å². The number of methoxy groups -OCH3 is 1. The summed E-state index contributed by atoms with van der Waals surface area (Å²) in [7, 11) is 1.58. The second-order valence-corrected chi connectivity index (χ2v) is 12.6. The number of β-amino-alcohol motifs (C(OH)–C–C–N with tert-alkyl or cyclic N) is 1. The van der Waals surface area contributed by atoms with E-state index in [-0.39, 0.29) is 11.7 Å². The van der Waals surface area contributed by atoms with Crippen LogP contribution < -0.4 is 10.1 Å². The summed E-state index contributed by atoms with van der Waals surface area (Å²) in [5.41, 5.74) is 3.82. The summed E-state index contributed by atoms with van der Waals surface area (Å²) < 4.78 is 21.1. The van der Waals surface area contributed by atoms with Gasteiger partial charge in [-0.3, -0.25) is 9.69 Å². The van der Waals surface area contributed by atoms with Gasteiger partial charge in [0.2, 0.25) is 11.8 Å². The highest BCUT2D eigenvalue weighted by atomic mass is 35.5. The van der Waals surface area contributed by atoms with E-state index in [1.165, 1.54) is 0 Å². The van der Waals surface area contributed by atoms with Gasteiger partial charge < -0.3 is 20.1 Å². The van der Waals surface area contributed by atoms with Gasteiger partial charge in [-0.05, 0) is 38.0 Å². The Kier molecular flexibility index (Phi) is 8.97. The standard InChI is InChI=1S/C34H34Cl2FN5O3/c1-34(44)19-41(20-34)18-22-13-15-38-32(31(22)37)39-27-9-4-7-24(30(27)36)23-6-3-8-25(29(23)35)26-12-11-21(33(40-26)45-2)14-17-42-16-5-10-28(42)43/h3-4,6-9,11-13,15,44H,5,10,14,16-20H2,1-2H3,(H,38,39). The number of nitrogens with zero attached hydrogens (tertiary/aromatic N) is 4. The first kappa shape index (κ1) is 31.2. The van der Waals surface area contributed by atoms with Crippen molar-refractivity contribution in [1.82, 2.24) is 19.8 Å². The Balaban J connectivity index is 1.24. The lowest BCUT2D eigenvalue weighted by atomic mass is 9.96. The maximum Gasteiger partial charge on any atom is 0.222 e. The third-order valence-corrected chi connectivity index (χ3v) is 9.08. The number of hydrogen-bond acceptors (Lipinski definition) is 7.